The molecule has 0 bridgehead atoms. The van der Waals surface area contributed by atoms with Crippen LogP contribution in [-0.4, -0.2) is 26.7 Å². The molecule has 1 aliphatic heterocycles. The SMILES string of the molecule is COc1ccc(CON=C(c2ccc(OC)cc2)C2CC2c2ccc3c(c2)OCO3)cc1. The summed E-state index contributed by atoms with van der Waals surface area (Å²) in [5, 5.41) is 4.59. The molecule has 5 rings (SSSR count). The van der Waals surface area contributed by atoms with Crippen LogP contribution in [0.3, 0.4) is 0 Å². The van der Waals surface area contributed by atoms with Gasteiger partial charge in [-0.05, 0) is 77.6 Å². The number of oxime groups is 1. The van der Waals surface area contributed by atoms with Crippen LogP contribution in [0.4, 0.5) is 0 Å². The Balaban J connectivity index is 1.35. The zero-order valence-corrected chi connectivity index (χ0v) is 18.1. The highest BCUT2D eigenvalue weighted by Gasteiger charge is 2.43. The van der Waals surface area contributed by atoms with Crippen LogP contribution in [0.2, 0.25) is 0 Å². The van der Waals surface area contributed by atoms with E-state index in [4.69, 9.17) is 23.8 Å². The predicted octanol–water partition coefficient (Wildman–Crippen LogP) is 5.16. The van der Waals surface area contributed by atoms with Gasteiger partial charge in [0, 0.05) is 5.92 Å². The van der Waals surface area contributed by atoms with Gasteiger partial charge in [0.25, 0.3) is 0 Å². The zero-order valence-electron chi connectivity index (χ0n) is 18.1. The summed E-state index contributed by atoms with van der Waals surface area (Å²) in [6.45, 7) is 0.676. The number of fused-ring (bicyclic) bond motifs is 1. The molecule has 0 radical (unpaired) electrons. The third kappa shape index (κ3) is 4.21. The van der Waals surface area contributed by atoms with E-state index in [0.717, 1.165) is 46.3 Å². The van der Waals surface area contributed by atoms with E-state index in [1.165, 1.54) is 5.56 Å². The standard InChI is InChI=1S/C26H25NO5/c1-28-20-8-3-17(4-9-20)15-32-27-26(18-5-10-21(29-2)11-6-18)23-14-22(23)19-7-12-24-25(13-19)31-16-30-24/h3-13,22-23H,14-16H2,1-2H3. The first-order valence-electron chi connectivity index (χ1n) is 10.6. The molecule has 0 saturated heterocycles. The molecule has 1 aliphatic carbocycles. The van der Waals surface area contributed by atoms with E-state index in [1.54, 1.807) is 14.2 Å². The summed E-state index contributed by atoms with van der Waals surface area (Å²) in [7, 11) is 3.32. The van der Waals surface area contributed by atoms with Crippen molar-refractivity contribution in [3.63, 3.8) is 0 Å². The van der Waals surface area contributed by atoms with Crippen molar-refractivity contribution in [3.05, 3.63) is 83.4 Å². The second-order valence-electron chi connectivity index (χ2n) is 7.89. The molecule has 0 spiro atoms. The third-order valence-electron chi connectivity index (χ3n) is 5.91. The van der Waals surface area contributed by atoms with E-state index < -0.39 is 0 Å². The van der Waals surface area contributed by atoms with Crippen molar-refractivity contribution in [1.29, 1.82) is 0 Å². The molecule has 0 N–H and O–H groups in total. The molecule has 2 unspecified atom stereocenters. The fourth-order valence-corrected chi connectivity index (χ4v) is 4.00. The molecule has 2 aliphatic rings. The molecule has 1 heterocycles. The van der Waals surface area contributed by atoms with Crippen molar-refractivity contribution in [2.75, 3.05) is 21.0 Å². The van der Waals surface area contributed by atoms with Crippen molar-refractivity contribution < 1.29 is 23.8 Å². The maximum absolute atomic E-state index is 5.80. The Kier molecular flexibility index (Phi) is 5.58. The number of hydrogen-bond donors (Lipinski definition) is 0. The van der Waals surface area contributed by atoms with Crippen LogP contribution < -0.4 is 18.9 Å². The Morgan fingerprint density at radius 2 is 1.56 bits per heavy atom. The van der Waals surface area contributed by atoms with E-state index in [-0.39, 0.29) is 12.7 Å². The van der Waals surface area contributed by atoms with Crippen molar-refractivity contribution in [3.8, 4) is 23.0 Å². The average molecular weight is 431 g/mol. The molecule has 1 fully saturated rings. The Morgan fingerprint density at radius 3 is 2.28 bits per heavy atom. The first-order chi connectivity index (χ1) is 15.7. The lowest BCUT2D eigenvalue weighted by molar-refractivity contribution is 0.130. The van der Waals surface area contributed by atoms with Gasteiger partial charge in [0.2, 0.25) is 6.79 Å². The van der Waals surface area contributed by atoms with Gasteiger partial charge in [0.1, 0.15) is 18.1 Å². The van der Waals surface area contributed by atoms with Crippen molar-refractivity contribution in [1.82, 2.24) is 0 Å². The lowest BCUT2D eigenvalue weighted by Gasteiger charge is -2.09. The number of methoxy groups -OCH3 is 2. The quantitative estimate of drug-likeness (QED) is 0.364. The minimum atomic E-state index is 0.277. The summed E-state index contributed by atoms with van der Waals surface area (Å²) >= 11 is 0. The molecule has 6 nitrogen and oxygen atoms in total. The van der Waals surface area contributed by atoms with Gasteiger partial charge in [-0.2, -0.15) is 0 Å². The van der Waals surface area contributed by atoms with E-state index in [1.807, 2.05) is 54.6 Å². The van der Waals surface area contributed by atoms with Gasteiger partial charge in [-0.3, -0.25) is 0 Å². The van der Waals surface area contributed by atoms with E-state index >= 15 is 0 Å². The van der Waals surface area contributed by atoms with Crippen molar-refractivity contribution >= 4 is 5.71 Å². The van der Waals surface area contributed by atoms with Crippen LogP contribution in [0, 0.1) is 5.92 Å². The normalized spacial score (nSPS) is 18.9. The summed E-state index contributed by atoms with van der Waals surface area (Å²) in [5.41, 5.74) is 4.25. The highest BCUT2D eigenvalue weighted by Crippen LogP contribution is 2.51. The molecule has 2 atom stereocenters. The molecule has 6 heteroatoms. The van der Waals surface area contributed by atoms with E-state index in [0.29, 0.717) is 12.5 Å². The molecule has 3 aromatic rings. The van der Waals surface area contributed by atoms with Crippen LogP contribution in [-0.2, 0) is 11.4 Å². The van der Waals surface area contributed by atoms with E-state index in [2.05, 4.69) is 17.3 Å². The molecular formula is C26H25NO5. The second kappa shape index (κ2) is 8.83. The fourth-order valence-electron chi connectivity index (χ4n) is 4.00. The molecule has 3 aromatic carbocycles. The van der Waals surface area contributed by atoms with Gasteiger partial charge >= 0.3 is 0 Å². The molecule has 0 amide bonds. The smallest absolute Gasteiger partial charge is 0.231 e. The lowest BCUT2D eigenvalue weighted by Crippen LogP contribution is -2.07. The summed E-state index contributed by atoms with van der Waals surface area (Å²) in [6, 6.07) is 21.9. The molecule has 0 aromatic heterocycles. The first kappa shape index (κ1) is 20.2. The Morgan fingerprint density at radius 1 is 0.875 bits per heavy atom. The minimum Gasteiger partial charge on any atom is -0.497 e. The molecule has 32 heavy (non-hydrogen) atoms. The summed E-state index contributed by atoms with van der Waals surface area (Å²) < 4.78 is 21.5. The monoisotopic (exact) mass is 431 g/mol. The number of hydrogen-bond acceptors (Lipinski definition) is 6. The number of nitrogens with zero attached hydrogens (tertiary/aromatic N) is 1. The van der Waals surface area contributed by atoms with Gasteiger partial charge in [-0.25, -0.2) is 0 Å². The second-order valence-corrected chi connectivity index (χ2v) is 7.89. The molecule has 164 valence electrons. The summed E-state index contributed by atoms with van der Waals surface area (Å²) in [4.78, 5) is 5.80. The van der Waals surface area contributed by atoms with Crippen LogP contribution in [0.25, 0.3) is 0 Å². The summed E-state index contributed by atoms with van der Waals surface area (Å²) in [6.07, 6.45) is 1.01. The predicted molar refractivity (Wildman–Crippen MR) is 121 cm³/mol. The van der Waals surface area contributed by atoms with Crippen molar-refractivity contribution in [2.24, 2.45) is 11.1 Å². The number of rotatable bonds is 8. The minimum absolute atomic E-state index is 0.277. The highest BCUT2D eigenvalue weighted by atomic mass is 16.7. The van der Waals surface area contributed by atoms with Gasteiger partial charge < -0.3 is 23.8 Å². The Bertz CT molecular complexity index is 1110. The van der Waals surface area contributed by atoms with Crippen LogP contribution in [0.5, 0.6) is 23.0 Å². The first-order valence-corrected chi connectivity index (χ1v) is 10.6. The summed E-state index contributed by atoms with van der Waals surface area (Å²) in [5.74, 6) is 3.90. The van der Waals surface area contributed by atoms with Crippen LogP contribution in [0.1, 0.15) is 29.0 Å². The zero-order chi connectivity index (χ0) is 21.9. The van der Waals surface area contributed by atoms with Gasteiger partial charge in [0.05, 0.1) is 19.9 Å². The van der Waals surface area contributed by atoms with Gasteiger partial charge in [0.15, 0.2) is 11.5 Å². The third-order valence-corrected chi connectivity index (χ3v) is 5.91. The maximum Gasteiger partial charge on any atom is 0.231 e. The van der Waals surface area contributed by atoms with Crippen LogP contribution >= 0.6 is 0 Å². The van der Waals surface area contributed by atoms with Crippen molar-refractivity contribution in [2.45, 2.75) is 18.9 Å². The Hall–Kier alpha value is -3.67. The number of ether oxygens (including phenoxy) is 4. The van der Waals surface area contributed by atoms with Crippen LogP contribution in [0.15, 0.2) is 71.9 Å². The number of benzene rings is 3. The van der Waals surface area contributed by atoms with Gasteiger partial charge in [-0.15, -0.1) is 0 Å². The Labute approximate surface area is 187 Å². The van der Waals surface area contributed by atoms with E-state index in [9.17, 15) is 0 Å². The maximum atomic E-state index is 5.80. The lowest BCUT2D eigenvalue weighted by atomic mass is 10.0. The largest absolute Gasteiger partial charge is 0.497 e. The topological polar surface area (TPSA) is 58.5 Å². The highest BCUT2D eigenvalue weighted by molar-refractivity contribution is 6.04. The van der Waals surface area contributed by atoms with Gasteiger partial charge in [-0.1, -0.05) is 23.4 Å². The average Bonchev–Trinajstić information content (AvgIpc) is 3.49. The fraction of sp³-hybridized carbons (Fsp3) is 0.269. The molecular weight excluding hydrogens is 406 g/mol. The molecule has 1 saturated carbocycles.